The molecule has 2 N–H and O–H groups in total. The van der Waals surface area contributed by atoms with Crippen molar-refractivity contribution >= 4 is 11.9 Å². The molecule has 1 aromatic rings. The number of hydrogen-bond acceptors (Lipinski definition) is 3. The second-order valence-electron chi connectivity index (χ2n) is 5.20. The number of carbonyl (C=O) groups excluding carboxylic acids is 1. The molecule has 1 fully saturated rings. The van der Waals surface area contributed by atoms with E-state index in [0.29, 0.717) is 18.6 Å². The second kappa shape index (κ2) is 5.94. The summed E-state index contributed by atoms with van der Waals surface area (Å²) in [6.07, 6.45) is 2.01. The molecule has 5 nitrogen and oxygen atoms in total. The van der Waals surface area contributed by atoms with Gasteiger partial charge in [-0.05, 0) is 38.3 Å². The van der Waals surface area contributed by atoms with E-state index in [-0.39, 0.29) is 18.9 Å². The maximum absolute atomic E-state index is 11.7. The lowest BCUT2D eigenvalue weighted by molar-refractivity contribution is -0.151. The highest BCUT2D eigenvalue weighted by atomic mass is 16.5. The Morgan fingerprint density at radius 3 is 2.45 bits per heavy atom. The van der Waals surface area contributed by atoms with Crippen LogP contribution in [0, 0.1) is 6.92 Å². The fourth-order valence-electron chi connectivity index (χ4n) is 2.15. The third kappa shape index (κ3) is 3.29. The average molecular weight is 277 g/mol. The maximum Gasteiger partial charge on any atom is 0.329 e. The van der Waals surface area contributed by atoms with Crippen molar-refractivity contribution in [2.24, 2.45) is 0 Å². The molecule has 5 heteroatoms. The van der Waals surface area contributed by atoms with Crippen LogP contribution in [0.2, 0.25) is 0 Å². The van der Waals surface area contributed by atoms with Crippen molar-refractivity contribution in [3.63, 3.8) is 0 Å². The normalized spacial score (nSPS) is 16.1. The van der Waals surface area contributed by atoms with Crippen LogP contribution in [0.3, 0.4) is 0 Å². The molecule has 1 aliphatic rings. The lowest BCUT2D eigenvalue weighted by atomic mass is 9.76. The van der Waals surface area contributed by atoms with E-state index in [2.05, 4.69) is 5.32 Å². The van der Waals surface area contributed by atoms with E-state index in [1.807, 2.05) is 31.2 Å². The van der Waals surface area contributed by atoms with Gasteiger partial charge < -0.3 is 15.2 Å². The highest BCUT2D eigenvalue weighted by Crippen LogP contribution is 2.32. The molecule has 108 valence electrons. The molecule has 0 aliphatic heterocycles. The number of amides is 1. The smallest absolute Gasteiger partial charge is 0.329 e. The van der Waals surface area contributed by atoms with Crippen LogP contribution in [0.5, 0.6) is 5.75 Å². The highest BCUT2D eigenvalue weighted by Gasteiger charge is 2.45. The number of ether oxygens (including phenoxy) is 1. The van der Waals surface area contributed by atoms with Crippen molar-refractivity contribution < 1.29 is 19.4 Å². The van der Waals surface area contributed by atoms with E-state index in [0.717, 1.165) is 12.0 Å². The van der Waals surface area contributed by atoms with Crippen molar-refractivity contribution in [3.8, 4) is 5.75 Å². The summed E-state index contributed by atoms with van der Waals surface area (Å²) in [4.78, 5) is 22.9. The van der Waals surface area contributed by atoms with Gasteiger partial charge in [-0.1, -0.05) is 17.7 Å². The van der Waals surface area contributed by atoms with Crippen molar-refractivity contribution in [2.75, 3.05) is 6.61 Å². The van der Waals surface area contributed by atoms with Gasteiger partial charge >= 0.3 is 5.97 Å². The zero-order valence-electron chi connectivity index (χ0n) is 11.5. The summed E-state index contributed by atoms with van der Waals surface area (Å²) in [5.41, 5.74) is 0.101. The minimum Gasteiger partial charge on any atom is -0.493 e. The van der Waals surface area contributed by atoms with Gasteiger partial charge in [-0.15, -0.1) is 0 Å². The summed E-state index contributed by atoms with van der Waals surface area (Å²) in [6.45, 7) is 2.23. The predicted molar refractivity (Wildman–Crippen MR) is 73.7 cm³/mol. The van der Waals surface area contributed by atoms with Crippen molar-refractivity contribution in [3.05, 3.63) is 29.8 Å². The van der Waals surface area contributed by atoms with Crippen LogP contribution >= 0.6 is 0 Å². The molecule has 0 aromatic heterocycles. The van der Waals surface area contributed by atoms with Gasteiger partial charge in [-0.2, -0.15) is 0 Å². The standard InChI is InChI=1S/C15H19NO4/c1-11-3-5-12(6-4-11)20-10-7-13(17)16-15(14(18)19)8-2-9-15/h3-6H,2,7-10H2,1H3,(H,16,17)(H,18,19). The SMILES string of the molecule is Cc1ccc(OCCC(=O)NC2(C(=O)O)CCC2)cc1. The number of carboxylic acids is 1. The largest absolute Gasteiger partial charge is 0.493 e. The number of rotatable bonds is 6. The molecule has 20 heavy (non-hydrogen) atoms. The first-order valence-corrected chi connectivity index (χ1v) is 6.76. The Labute approximate surface area is 117 Å². The summed E-state index contributed by atoms with van der Waals surface area (Å²) in [5.74, 6) is -0.518. The molecule has 0 saturated heterocycles. The van der Waals surface area contributed by atoms with Crippen LogP contribution in [-0.4, -0.2) is 29.1 Å². The van der Waals surface area contributed by atoms with Gasteiger partial charge in [0.25, 0.3) is 0 Å². The Balaban J connectivity index is 1.75. The molecule has 0 radical (unpaired) electrons. The van der Waals surface area contributed by atoms with E-state index in [4.69, 9.17) is 9.84 Å². The van der Waals surface area contributed by atoms with E-state index >= 15 is 0 Å². The summed E-state index contributed by atoms with van der Waals surface area (Å²) in [5, 5.41) is 11.7. The molecule has 0 unspecified atom stereocenters. The molecule has 1 aromatic carbocycles. The van der Waals surface area contributed by atoms with Crippen LogP contribution in [0.15, 0.2) is 24.3 Å². The third-order valence-electron chi connectivity index (χ3n) is 3.61. The van der Waals surface area contributed by atoms with Crippen molar-refractivity contribution in [2.45, 2.75) is 38.1 Å². The third-order valence-corrected chi connectivity index (χ3v) is 3.61. The zero-order valence-corrected chi connectivity index (χ0v) is 11.5. The lowest BCUT2D eigenvalue weighted by Gasteiger charge is -2.38. The number of carboxylic acid groups (broad SMARTS) is 1. The minimum atomic E-state index is -1.04. The van der Waals surface area contributed by atoms with Crippen LogP contribution in [0.1, 0.15) is 31.2 Å². The van der Waals surface area contributed by atoms with Gasteiger partial charge in [0.15, 0.2) is 0 Å². The van der Waals surface area contributed by atoms with E-state index in [1.165, 1.54) is 0 Å². The quantitative estimate of drug-likeness (QED) is 0.832. The number of carbonyl (C=O) groups is 2. The van der Waals surface area contributed by atoms with Gasteiger partial charge in [0.1, 0.15) is 11.3 Å². The van der Waals surface area contributed by atoms with Gasteiger partial charge in [0, 0.05) is 0 Å². The Kier molecular flexibility index (Phi) is 4.27. The summed E-state index contributed by atoms with van der Waals surface area (Å²) >= 11 is 0. The number of aliphatic carboxylic acids is 1. The van der Waals surface area contributed by atoms with Crippen molar-refractivity contribution in [1.29, 1.82) is 0 Å². The summed E-state index contributed by atoms with van der Waals surface area (Å²) in [6, 6.07) is 7.56. The first kappa shape index (κ1) is 14.4. The molecule has 0 bridgehead atoms. The topological polar surface area (TPSA) is 75.6 Å². The van der Waals surface area contributed by atoms with Crippen LogP contribution < -0.4 is 10.1 Å². The molecule has 0 spiro atoms. The van der Waals surface area contributed by atoms with Crippen LogP contribution in [0.25, 0.3) is 0 Å². The summed E-state index contributed by atoms with van der Waals surface area (Å²) in [7, 11) is 0. The van der Waals surface area contributed by atoms with Crippen molar-refractivity contribution in [1.82, 2.24) is 5.32 Å². The molecule has 2 rings (SSSR count). The number of benzene rings is 1. The number of hydrogen-bond donors (Lipinski definition) is 2. The second-order valence-corrected chi connectivity index (χ2v) is 5.20. The number of aryl methyl sites for hydroxylation is 1. The minimum absolute atomic E-state index is 0.156. The molecule has 1 saturated carbocycles. The average Bonchev–Trinajstić information content (AvgIpc) is 2.36. The fourth-order valence-corrected chi connectivity index (χ4v) is 2.15. The van der Waals surface area contributed by atoms with Gasteiger partial charge in [0.2, 0.25) is 5.91 Å². The summed E-state index contributed by atoms with van der Waals surface area (Å²) < 4.78 is 5.45. The molecule has 0 heterocycles. The zero-order chi connectivity index (χ0) is 14.6. The molecular formula is C15H19NO4. The molecule has 1 amide bonds. The predicted octanol–water partition coefficient (Wildman–Crippen LogP) is 1.89. The molecular weight excluding hydrogens is 258 g/mol. The van der Waals surface area contributed by atoms with Gasteiger partial charge in [-0.3, -0.25) is 4.79 Å². The van der Waals surface area contributed by atoms with Crippen LogP contribution in [-0.2, 0) is 9.59 Å². The molecule has 0 atom stereocenters. The highest BCUT2D eigenvalue weighted by molar-refractivity contribution is 5.87. The molecule has 1 aliphatic carbocycles. The van der Waals surface area contributed by atoms with Gasteiger partial charge in [0.05, 0.1) is 13.0 Å². The first-order chi connectivity index (χ1) is 9.52. The monoisotopic (exact) mass is 277 g/mol. The first-order valence-electron chi connectivity index (χ1n) is 6.76. The fraction of sp³-hybridized carbons (Fsp3) is 0.467. The van der Waals surface area contributed by atoms with Gasteiger partial charge in [-0.25, -0.2) is 4.79 Å². The van der Waals surface area contributed by atoms with E-state index in [9.17, 15) is 9.59 Å². The lowest BCUT2D eigenvalue weighted by Crippen LogP contribution is -2.59. The van der Waals surface area contributed by atoms with E-state index < -0.39 is 11.5 Å². The Morgan fingerprint density at radius 1 is 1.30 bits per heavy atom. The van der Waals surface area contributed by atoms with Crippen LogP contribution in [0.4, 0.5) is 0 Å². The Hall–Kier alpha value is -2.04. The Bertz CT molecular complexity index is 491. The maximum atomic E-state index is 11.7. The van der Waals surface area contributed by atoms with E-state index in [1.54, 1.807) is 0 Å². The Morgan fingerprint density at radius 2 is 1.95 bits per heavy atom. The number of nitrogens with one attached hydrogen (secondary N) is 1.